The van der Waals surface area contributed by atoms with E-state index < -0.39 is 0 Å². The van der Waals surface area contributed by atoms with E-state index in [4.69, 9.17) is 0 Å². The Bertz CT molecular complexity index is 360. The van der Waals surface area contributed by atoms with Crippen LogP contribution in [-0.4, -0.2) is 12.1 Å². The standard InChI is InChI=1S/C16H28N2/c1-6-12(4)17-15-9-10-16(14(8-3)11-15)18-13(5)7-2/h9-13,17-18H,6-8H2,1-5H3. The SMILES string of the molecule is CCc1cc(NC(C)CC)ccc1NC(C)CC. The van der Waals surface area contributed by atoms with E-state index in [2.05, 4.69) is 63.5 Å². The summed E-state index contributed by atoms with van der Waals surface area (Å²) in [4.78, 5) is 0. The van der Waals surface area contributed by atoms with Gasteiger partial charge in [-0.3, -0.25) is 0 Å². The molecule has 1 aromatic rings. The minimum absolute atomic E-state index is 0.531. The van der Waals surface area contributed by atoms with Crippen LogP contribution in [0.5, 0.6) is 0 Å². The first-order chi connectivity index (χ1) is 8.60. The highest BCUT2D eigenvalue weighted by molar-refractivity contribution is 5.60. The molecule has 0 aliphatic heterocycles. The molecule has 0 aromatic heterocycles. The first-order valence-corrected chi connectivity index (χ1v) is 7.26. The highest BCUT2D eigenvalue weighted by Gasteiger charge is 2.06. The molecule has 0 heterocycles. The van der Waals surface area contributed by atoms with Crippen LogP contribution in [0, 0.1) is 0 Å². The average Bonchev–Trinajstić information content (AvgIpc) is 2.39. The summed E-state index contributed by atoms with van der Waals surface area (Å²) < 4.78 is 0. The summed E-state index contributed by atoms with van der Waals surface area (Å²) in [5.74, 6) is 0. The molecular formula is C16H28N2. The van der Waals surface area contributed by atoms with Gasteiger partial charge in [-0.15, -0.1) is 0 Å². The van der Waals surface area contributed by atoms with Crippen molar-refractivity contribution in [1.29, 1.82) is 0 Å². The lowest BCUT2D eigenvalue weighted by Crippen LogP contribution is -2.16. The summed E-state index contributed by atoms with van der Waals surface area (Å²) >= 11 is 0. The van der Waals surface area contributed by atoms with E-state index in [9.17, 15) is 0 Å². The van der Waals surface area contributed by atoms with Crippen LogP contribution in [0.1, 0.15) is 53.0 Å². The molecule has 2 N–H and O–H groups in total. The van der Waals surface area contributed by atoms with E-state index in [0.717, 1.165) is 19.3 Å². The second-order valence-electron chi connectivity index (χ2n) is 5.13. The lowest BCUT2D eigenvalue weighted by Gasteiger charge is -2.19. The summed E-state index contributed by atoms with van der Waals surface area (Å²) in [5, 5.41) is 7.11. The Kier molecular flexibility index (Phi) is 6.03. The molecule has 1 rings (SSSR count). The Labute approximate surface area is 112 Å². The van der Waals surface area contributed by atoms with E-state index in [1.165, 1.54) is 16.9 Å². The molecule has 102 valence electrons. The highest BCUT2D eigenvalue weighted by Crippen LogP contribution is 2.23. The first-order valence-electron chi connectivity index (χ1n) is 7.26. The molecule has 2 unspecified atom stereocenters. The van der Waals surface area contributed by atoms with Crippen LogP contribution in [0.15, 0.2) is 18.2 Å². The highest BCUT2D eigenvalue weighted by atomic mass is 14.9. The van der Waals surface area contributed by atoms with E-state index >= 15 is 0 Å². The van der Waals surface area contributed by atoms with Crippen LogP contribution < -0.4 is 10.6 Å². The molecule has 0 saturated heterocycles. The lowest BCUT2D eigenvalue weighted by atomic mass is 10.1. The third-order valence-corrected chi connectivity index (χ3v) is 3.53. The quantitative estimate of drug-likeness (QED) is 0.732. The van der Waals surface area contributed by atoms with Gasteiger partial charge in [-0.2, -0.15) is 0 Å². The van der Waals surface area contributed by atoms with Gasteiger partial charge in [0.1, 0.15) is 0 Å². The topological polar surface area (TPSA) is 24.1 Å². The smallest absolute Gasteiger partial charge is 0.0376 e. The monoisotopic (exact) mass is 248 g/mol. The van der Waals surface area contributed by atoms with Gasteiger partial charge in [0.2, 0.25) is 0 Å². The molecule has 0 amide bonds. The van der Waals surface area contributed by atoms with Crippen LogP contribution in [0.3, 0.4) is 0 Å². The molecule has 0 spiro atoms. The molecule has 18 heavy (non-hydrogen) atoms. The fourth-order valence-corrected chi connectivity index (χ4v) is 1.87. The van der Waals surface area contributed by atoms with Crippen LogP contribution in [-0.2, 0) is 6.42 Å². The van der Waals surface area contributed by atoms with Gasteiger partial charge in [-0.1, -0.05) is 20.8 Å². The summed E-state index contributed by atoms with van der Waals surface area (Å²) in [6, 6.07) is 7.72. The zero-order chi connectivity index (χ0) is 13.5. The van der Waals surface area contributed by atoms with Gasteiger partial charge in [0.25, 0.3) is 0 Å². The lowest BCUT2D eigenvalue weighted by molar-refractivity contribution is 0.759. The van der Waals surface area contributed by atoms with Crippen molar-refractivity contribution in [3.05, 3.63) is 23.8 Å². The van der Waals surface area contributed by atoms with Crippen molar-refractivity contribution >= 4 is 11.4 Å². The predicted octanol–water partition coefficient (Wildman–Crippen LogP) is 4.67. The van der Waals surface area contributed by atoms with Gasteiger partial charge < -0.3 is 10.6 Å². The van der Waals surface area contributed by atoms with Gasteiger partial charge in [-0.05, 0) is 56.9 Å². The molecule has 0 bridgehead atoms. The van der Waals surface area contributed by atoms with Crippen molar-refractivity contribution < 1.29 is 0 Å². The van der Waals surface area contributed by atoms with Crippen molar-refractivity contribution in [3.8, 4) is 0 Å². The first kappa shape index (κ1) is 14.9. The molecule has 2 atom stereocenters. The van der Waals surface area contributed by atoms with Crippen molar-refractivity contribution in [1.82, 2.24) is 0 Å². The third-order valence-electron chi connectivity index (χ3n) is 3.53. The number of aryl methyl sites for hydroxylation is 1. The van der Waals surface area contributed by atoms with Crippen molar-refractivity contribution in [2.75, 3.05) is 10.6 Å². The maximum Gasteiger partial charge on any atom is 0.0376 e. The molecule has 0 fully saturated rings. The van der Waals surface area contributed by atoms with E-state index in [-0.39, 0.29) is 0 Å². The number of hydrogen-bond acceptors (Lipinski definition) is 2. The maximum absolute atomic E-state index is 3.58. The number of benzene rings is 1. The fraction of sp³-hybridized carbons (Fsp3) is 0.625. The molecule has 2 nitrogen and oxygen atoms in total. The Hall–Kier alpha value is -1.18. The molecular weight excluding hydrogens is 220 g/mol. The van der Waals surface area contributed by atoms with Crippen LogP contribution in [0.2, 0.25) is 0 Å². The average molecular weight is 248 g/mol. The molecule has 1 aromatic carbocycles. The zero-order valence-electron chi connectivity index (χ0n) is 12.5. The Balaban J connectivity index is 2.82. The summed E-state index contributed by atoms with van der Waals surface area (Å²) in [7, 11) is 0. The third kappa shape index (κ3) is 4.25. The van der Waals surface area contributed by atoms with Gasteiger partial charge >= 0.3 is 0 Å². The van der Waals surface area contributed by atoms with Gasteiger partial charge in [0.05, 0.1) is 0 Å². The minimum atomic E-state index is 0.531. The van der Waals surface area contributed by atoms with Gasteiger partial charge in [0, 0.05) is 23.5 Å². The minimum Gasteiger partial charge on any atom is -0.383 e. The fourth-order valence-electron chi connectivity index (χ4n) is 1.87. The zero-order valence-corrected chi connectivity index (χ0v) is 12.5. The Morgan fingerprint density at radius 1 is 0.944 bits per heavy atom. The van der Waals surface area contributed by atoms with Crippen molar-refractivity contribution in [2.24, 2.45) is 0 Å². The number of hydrogen-bond donors (Lipinski definition) is 2. The Morgan fingerprint density at radius 2 is 1.56 bits per heavy atom. The van der Waals surface area contributed by atoms with Gasteiger partial charge in [0.15, 0.2) is 0 Å². The molecule has 0 aliphatic carbocycles. The van der Waals surface area contributed by atoms with Gasteiger partial charge in [-0.25, -0.2) is 0 Å². The normalized spacial score (nSPS) is 14.1. The molecule has 2 heteroatoms. The number of rotatable bonds is 7. The number of anilines is 2. The van der Waals surface area contributed by atoms with Crippen LogP contribution >= 0.6 is 0 Å². The van der Waals surface area contributed by atoms with Crippen molar-refractivity contribution in [2.45, 2.75) is 66.0 Å². The summed E-state index contributed by atoms with van der Waals surface area (Å²) in [6.07, 6.45) is 3.36. The maximum atomic E-state index is 3.58. The van der Waals surface area contributed by atoms with Crippen LogP contribution in [0.4, 0.5) is 11.4 Å². The van der Waals surface area contributed by atoms with Crippen molar-refractivity contribution in [3.63, 3.8) is 0 Å². The van der Waals surface area contributed by atoms with E-state index in [0.29, 0.717) is 12.1 Å². The van der Waals surface area contributed by atoms with E-state index in [1.54, 1.807) is 0 Å². The molecule has 0 aliphatic rings. The second kappa shape index (κ2) is 7.30. The molecule has 0 saturated carbocycles. The number of nitrogens with one attached hydrogen (secondary N) is 2. The summed E-state index contributed by atoms with van der Waals surface area (Å²) in [6.45, 7) is 11.1. The van der Waals surface area contributed by atoms with Crippen LogP contribution in [0.25, 0.3) is 0 Å². The predicted molar refractivity (Wildman–Crippen MR) is 82.6 cm³/mol. The van der Waals surface area contributed by atoms with E-state index in [1.807, 2.05) is 0 Å². The Morgan fingerprint density at radius 3 is 2.11 bits per heavy atom. The second-order valence-corrected chi connectivity index (χ2v) is 5.13. The summed E-state index contributed by atoms with van der Waals surface area (Å²) in [5.41, 5.74) is 3.90. The largest absolute Gasteiger partial charge is 0.383 e. The molecule has 0 radical (unpaired) electrons.